The van der Waals surface area contributed by atoms with Gasteiger partial charge in [0.2, 0.25) is 5.91 Å². The zero-order chi connectivity index (χ0) is 16.5. The van der Waals surface area contributed by atoms with Gasteiger partial charge in [-0.3, -0.25) is 4.79 Å². The van der Waals surface area contributed by atoms with Crippen molar-refractivity contribution in [3.05, 3.63) is 34.9 Å². The Morgan fingerprint density at radius 3 is 2.32 bits per heavy atom. The SMILES string of the molecule is Cc1cc(C)cc(CC(=O)N2CC(N)C(CC(C)(C)C)C2)c1. The van der Waals surface area contributed by atoms with E-state index in [2.05, 4.69) is 52.8 Å². The molecule has 1 aliphatic rings. The number of amides is 1. The number of hydrogen-bond donors (Lipinski definition) is 1. The van der Waals surface area contributed by atoms with Crippen LogP contribution in [0, 0.1) is 25.2 Å². The number of nitrogens with two attached hydrogens (primary N) is 1. The lowest BCUT2D eigenvalue weighted by atomic mass is 9.83. The van der Waals surface area contributed by atoms with Crippen molar-refractivity contribution in [1.29, 1.82) is 0 Å². The van der Waals surface area contributed by atoms with Crippen LogP contribution in [0.2, 0.25) is 0 Å². The number of nitrogens with zero attached hydrogens (tertiary/aromatic N) is 1. The second-order valence-electron chi connectivity index (χ2n) is 8.16. The fourth-order valence-electron chi connectivity index (χ4n) is 3.56. The molecule has 3 nitrogen and oxygen atoms in total. The summed E-state index contributed by atoms with van der Waals surface area (Å²) in [4.78, 5) is 14.5. The van der Waals surface area contributed by atoms with Gasteiger partial charge in [-0.25, -0.2) is 0 Å². The van der Waals surface area contributed by atoms with Crippen LogP contribution >= 0.6 is 0 Å². The standard InChI is InChI=1S/C19H30N2O/c1-13-6-14(2)8-15(7-13)9-18(22)21-11-16(17(20)12-21)10-19(3,4)5/h6-8,16-17H,9-12,20H2,1-5H3. The highest BCUT2D eigenvalue weighted by atomic mass is 16.2. The predicted octanol–water partition coefficient (Wildman–Crippen LogP) is 3.07. The van der Waals surface area contributed by atoms with E-state index in [1.54, 1.807) is 0 Å². The van der Waals surface area contributed by atoms with Gasteiger partial charge in [0.15, 0.2) is 0 Å². The first-order valence-electron chi connectivity index (χ1n) is 8.24. The molecular formula is C19H30N2O. The van der Waals surface area contributed by atoms with Crippen molar-refractivity contribution in [2.24, 2.45) is 17.1 Å². The van der Waals surface area contributed by atoms with E-state index in [9.17, 15) is 4.79 Å². The van der Waals surface area contributed by atoms with Gasteiger partial charge in [-0.1, -0.05) is 50.1 Å². The third-order valence-corrected chi connectivity index (χ3v) is 4.36. The summed E-state index contributed by atoms with van der Waals surface area (Å²) in [5, 5.41) is 0. The van der Waals surface area contributed by atoms with Gasteiger partial charge >= 0.3 is 0 Å². The average Bonchev–Trinajstić information content (AvgIpc) is 2.67. The number of hydrogen-bond acceptors (Lipinski definition) is 2. The second-order valence-corrected chi connectivity index (χ2v) is 8.16. The third kappa shape index (κ3) is 4.57. The Bertz CT molecular complexity index is 525. The quantitative estimate of drug-likeness (QED) is 0.932. The van der Waals surface area contributed by atoms with E-state index in [-0.39, 0.29) is 17.4 Å². The summed E-state index contributed by atoms with van der Waals surface area (Å²) in [6.07, 6.45) is 1.55. The third-order valence-electron chi connectivity index (χ3n) is 4.36. The van der Waals surface area contributed by atoms with Crippen molar-refractivity contribution in [2.45, 2.75) is 53.5 Å². The summed E-state index contributed by atoms with van der Waals surface area (Å²) < 4.78 is 0. The van der Waals surface area contributed by atoms with E-state index in [1.165, 1.54) is 11.1 Å². The van der Waals surface area contributed by atoms with Crippen LogP contribution in [-0.2, 0) is 11.2 Å². The van der Waals surface area contributed by atoms with Crippen molar-refractivity contribution >= 4 is 5.91 Å². The van der Waals surface area contributed by atoms with Crippen LogP contribution in [0.25, 0.3) is 0 Å². The molecule has 2 unspecified atom stereocenters. The summed E-state index contributed by atoms with van der Waals surface area (Å²) in [6.45, 7) is 12.4. The Morgan fingerprint density at radius 2 is 1.77 bits per heavy atom. The fourth-order valence-corrected chi connectivity index (χ4v) is 3.56. The van der Waals surface area contributed by atoms with E-state index >= 15 is 0 Å². The van der Waals surface area contributed by atoms with Crippen LogP contribution in [0.1, 0.15) is 43.9 Å². The highest BCUT2D eigenvalue weighted by Gasteiger charge is 2.34. The van der Waals surface area contributed by atoms with Crippen molar-refractivity contribution in [3.8, 4) is 0 Å². The van der Waals surface area contributed by atoms with E-state index < -0.39 is 0 Å². The molecule has 2 atom stereocenters. The van der Waals surface area contributed by atoms with Gasteiger partial charge in [0.1, 0.15) is 0 Å². The largest absolute Gasteiger partial charge is 0.341 e. The number of likely N-dealkylation sites (tertiary alicyclic amines) is 1. The molecule has 1 saturated heterocycles. The molecule has 1 aliphatic heterocycles. The van der Waals surface area contributed by atoms with Crippen molar-refractivity contribution in [3.63, 3.8) is 0 Å². The van der Waals surface area contributed by atoms with Crippen molar-refractivity contribution in [1.82, 2.24) is 4.90 Å². The minimum absolute atomic E-state index is 0.113. The van der Waals surface area contributed by atoms with Gasteiger partial charge in [0, 0.05) is 19.1 Å². The lowest BCUT2D eigenvalue weighted by Crippen LogP contribution is -2.33. The average molecular weight is 302 g/mol. The summed E-state index contributed by atoms with van der Waals surface area (Å²) in [7, 11) is 0. The molecule has 2 rings (SSSR count). The Hall–Kier alpha value is -1.35. The van der Waals surface area contributed by atoms with Crippen LogP contribution < -0.4 is 5.73 Å². The summed E-state index contributed by atoms with van der Waals surface area (Å²) in [6, 6.07) is 6.46. The Morgan fingerprint density at radius 1 is 1.18 bits per heavy atom. The molecule has 122 valence electrons. The Labute approximate surface area is 134 Å². The molecule has 1 heterocycles. The maximum absolute atomic E-state index is 12.6. The van der Waals surface area contributed by atoms with Crippen molar-refractivity contribution < 1.29 is 4.79 Å². The highest BCUT2D eigenvalue weighted by molar-refractivity contribution is 5.79. The van der Waals surface area contributed by atoms with Crippen LogP contribution in [0.3, 0.4) is 0 Å². The smallest absolute Gasteiger partial charge is 0.227 e. The molecule has 2 N–H and O–H groups in total. The molecule has 0 aliphatic carbocycles. The first-order valence-corrected chi connectivity index (χ1v) is 8.24. The van der Waals surface area contributed by atoms with E-state index in [0.717, 1.165) is 18.5 Å². The first-order chi connectivity index (χ1) is 10.1. The molecule has 0 bridgehead atoms. The lowest BCUT2D eigenvalue weighted by Gasteiger charge is -2.24. The van der Waals surface area contributed by atoms with E-state index in [1.807, 2.05) is 4.90 Å². The van der Waals surface area contributed by atoms with Crippen LogP contribution in [0.4, 0.5) is 0 Å². The van der Waals surface area contributed by atoms with Gasteiger partial charge in [0.05, 0.1) is 6.42 Å². The first kappa shape index (κ1) is 17.0. The molecule has 3 heteroatoms. The molecule has 22 heavy (non-hydrogen) atoms. The fraction of sp³-hybridized carbons (Fsp3) is 0.632. The molecule has 0 spiro atoms. The van der Waals surface area contributed by atoms with Gasteiger partial charge in [-0.05, 0) is 37.2 Å². The maximum Gasteiger partial charge on any atom is 0.227 e. The van der Waals surface area contributed by atoms with Gasteiger partial charge < -0.3 is 10.6 Å². The molecule has 1 aromatic carbocycles. The summed E-state index contributed by atoms with van der Waals surface area (Å²) in [5.74, 6) is 0.625. The molecule has 1 fully saturated rings. The molecule has 1 amide bonds. The van der Waals surface area contributed by atoms with Crippen LogP contribution in [-0.4, -0.2) is 29.9 Å². The van der Waals surface area contributed by atoms with Crippen molar-refractivity contribution in [2.75, 3.05) is 13.1 Å². The van der Waals surface area contributed by atoms with Gasteiger partial charge in [-0.15, -0.1) is 0 Å². The minimum atomic E-state index is 0.113. The number of benzene rings is 1. The predicted molar refractivity (Wildman–Crippen MR) is 91.7 cm³/mol. The number of carbonyl (C=O) groups is 1. The summed E-state index contributed by atoms with van der Waals surface area (Å²) >= 11 is 0. The molecule has 0 saturated carbocycles. The second kappa shape index (κ2) is 6.41. The van der Waals surface area contributed by atoms with Crippen LogP contribution in [0.5, 0.6) is 0 Å². The molecule has 0 radical (unpaired) electrons. The van der Waals surface area contributed by atoms with E-state index in [4.69, 9.17) is 5.73 Å². The maximum atomic E-state index is 12.6. The Balaban J connectivity index is 1.99. The zero-order valence-electron chi connectivity index (χ0n) is 14.6. The van der Waals surface area contributed by atoms with E-state index in [0.29, 0.717) is 18.9 Å². The van der Waals surface area contributed by atoms with Crippen LogP contribution in [0.15, 0.2) is 18.2 Å². The monoisotopic (exact) mass is 302 g/mol. The molecular weight excluding hydrogens is 272 g/mol. The normalized spacial score (nSPS) is 22.2. The topological polar surface area (TPSA) is 46.3 Å². The zero-order valence-corrected chi connectivity index (χ0v) is 14.6. The highest BCUT2D eigenvalue weighted by Crippen LogP contribution is 2.30. The Kier molecular flexibility index (Phi) is 4.96. The number of rotatable bonds is 3. The molecule has 1 aromatic rings. The van der Waals surface area contributed by atoms with Gasteiger partial charge in [0.25, 0.3) is 0 Å². The molecule has 0 aromatic heterocycles. The number of carbonyl (C=O) groups excluding carboxylic acids is 1. The number of aryl methyl sites for hydroxylation is 2. The lowest BCUT2D eigenvalue weighted by molar-refractivity contribution is -0.129. The summed E-state index contributed by atoms with van der Waals surface area (Å²) in [5.41, 5.74) is 10.1. The minimum Gasteiger partial charge on any atom is -0.341 e. The van der Waals surface area contributed by atoms with Gasteiger partial charge in [-0.2, -0.15) is 0 Å².